The van der Waals surface area contributed by atoms with Crippen LogP contribution < -0.4 is 0 Å². The number of aryl methyl sites for hydroxylation is 1. The fourth-order valence-corrected chi connectivity index (χ4v) is 4.94. The third-order valence-electron chi connectivity index (χ3n) is 3.45. The minimum Gasteiger partial charge on any atom is -0.606 e. The molecule has 1 unspecified atom stereocenters. The molecule has 0 heterocycles. The van der Waals surface area contributed by atoms with Crippen molar-refractivity contribution >= 4 is 43.0 Å². The molecule has 0 saturated heterocycles. The Balaban J connectivity index is 2.69. The summed E-state index contributed by atoms with van der Waals surface area (Å²) in [6, 6.07) is 9.38. The molecule has 0 aliphatic carbocycles. The Morgan fingerprint density at radius 3 is 1.96 bits per heavy atom. The zero-order valence-electron chi connectivity index (χ0n) is 13.1. The summed E-state index contributed by atoms with van der Waals surface area (Å²) in [5, 5.41) is -5.90. The van der Waals surface area contributed by atoms with Gasteiger partial charge in [-0.15, -0.1) is 8.78 Å². The summed E-state index contributed by atoms with van der Waals surface area (Å²) in [7, 11) is 0. The molecule has 0 fully saturated rings. The van der Waals surface area contributed by atoms with E-state index >= 15 is 0 Å². The molecule has 1 atom stereocenters. The molecule has 0 aliphatic heterocycles. The zero-order chi connectivity index (χ0) is 20.8. The summed E-state index contributed by atoms with van der Waals surface area (Å²) in [6.07, 6.45) is -6.58. The molecule has 0 spiro atoms. The van der Waals surface area contributed by atoms with Crippen LogP contribution >= 0.6 is 31.9 Å². The molecule has 0 saturated carbocycles. The third-order valence-corrected chi connectivity index (χ3v) is 5.91. The highest BCUT2D eigenvalue weighted by Gasteiger charge is 2.80. The maximum Gasteiger partial charge on any atom is 0.486 e. The fraction of sp³-hybridized carbons (Fsp3) is 0.250. The predicted molar refractivity (Wildman–Crippen MR) is 93.2 cm³/mol. The Hall–Kier alpha value is -0.780. The molecule has 0 amide bonds. The van der Waals surface area contributed by atoms with Gasteiger partial charge in [0.25, 0.3) is 0 Å². The summed E-state index contributed by atoms with van der Waals surface area (Å²) in [5.74, 6) is -6.49. The van der Waals surface area contributed by atoms with Gasteiger partial charge in [0, 0.05) is 21.1 Å². The molecular weight excluding hydrogens is 533 g/mol. The number of hydrogen-bond donors (Lipinski definition) is 0. The molecule has 11 heteroatoms. The predicted octanol–water partition coefficient (Wildman–Crippen LogP) is 6.89. The van der Waals surface area contributed by atoms with Crippen LogP contribution in [0.5, 0.6) is 0 Å². The van der Waals surface area contributed by atoms with Crippen molar-refractivity contribution in [2.75, 3.05) is 0 Å². The van der Waals surface area contributed by atoms with E-state index in [1.54, 1.807) is 19.1 Å². The molecular formula is C16H8Br2F7OS. The molecule has 2 aromatic carbocycles. The van der Waals surface area contributed by atoms with Gasteiger partial charge in [0.15, 0.2) is 4.90 Å². The number of alkyl halides is 7. The maximum absolute atomic E-state index is 14.0. The van der Waals surface area contributed by atoms with Gasteiger partial charge < -0.3 is 4.55 Å². The van der Waals surface area contributed by atoms with E-state index in [-0.39, 0.29) is 20.1 Å². The van der Waals surface area contributed by atoms with Gasteiger partial charge in [-0.05, 0) is 44.3 Å². The van der Waals surface area contributed by atoms with E-state index in [0.717, 1.165) is 11.6 Å². The first-order valence-electron chi connectivity index (χ1n) is 6.92. The highest BCUT2D eigenvalue weighted by atomic mass is 79.9. The van der Waals surface area contributed by atoms with Crippen LogP contribution in [0.2, 0.25) is 0 Å². The smallest absolute Gasteiger partial charge is 0.486 e. The van der Waals surface area contributed by atoms with Crippen molar-refractivity contribution in [1.82, 2.24) is 0 Å². The largest absolute Gasteiger partial charge is 0.606 e. The normalized spacial score (nSPS) is 14.3. The van der Waals surface area contributed by atoms with Crippen LogP contribution in [0.1, 0.15) is 5.56 Å². The monoisotopic (exact) mass is 539 g/mol. The lowest BCUT2D eigenvalue weighted by Crippen LogP contribution is -2.56. The average Bonchev–Trinajstić information content (AvgIpc) is 2.53. The first-order chi connectivity index (χ1) is 12.2. The van der Waals surface area contributed by atoms with E-state index in [2.05, 4.69) is 37.9 Å². The molecule has 147 valence electrons. The van der Waals surface area contributed by atoms with E-state index in [0.29, 0.717) is 0 Å². The summed E-state index contributed by atoms with van der Waals surface area (Å²) >= 11 is 1.85. The number of rotatable bonds is 4. The van der Waals surface area contributed by atoms with Crippen LogP contribution in [0.25, 0.3) is 11.1 Å². The molecule has 2 aromatic rings. The fourth-order valence-electron chi connectivity index (χ4n) is 2.05. The summed E-state index contributed by atoms with van der Waals surface area (Å²) < 4.78 is 104. The van der Waals surface area contributed by atoms with Crippen LogP contribution in [0, 0.1) is 13.0 Å². The Kier molecular flexibility index (Phi) is 6.31. The minimum absolute atomic E-state index is 0.0322. The van der Waals surface area contributed by atoms with Crippen molar-refractivity contribution in [1.29, 1.82) is 0 Å². The van der Waals surface area contributed by atoms with E-state index in [4.69, 9.17) is 0 Å². The molecule has 1 nitrogen and oxygen atoms in total. The van der Waals surface area contributed by atoms with Gasteiger partial charge in [-0.25, -0.2) is 0 Å². The first-order valence-corrected chi connectivity index (χ1v) is 9.66. The standard InChI is InChI=1S/C16H8Br2F7OS/c1-8-2-4-9(5-3-8)13-11(18)6-10(17)7-12(13)27(26)16(24,25)14(19,20)15(21,22)23/h2-5,7H,1H3. The van der Waals surface area contributed by atoms with Crippen molar-refractivity contribution in [3.8, 4) is 11.1 Å². The Labute approximate surface area is 169 Å². The topological polar surface area (TPSA) is 23.1 Å². The van der Waals surface area contributed by atoms with Gasteiger partial charge in [-0.1, -0.05) is 29.8 Å². The molecule has 0 aliphatic rings. The second kappa shape index (κ2) is 7.57. The molecule has 0 bridgehead atoms. The summed E-state index contributed by atoms with van der Waals surface area (Å²) in [5.41, 5.74) is 0.743. The van der Waals surface area contributed by atoms with Gasteiger partial charge in [0.1, 0.15) is 0 Å². The molecule has 27 heavy (non-hydrogen) atoms. The highest BCUT2D eigenvalue weighted by Crippen LogP contribution is 2.52. The van der Waals surface area contributed by atoms with Crippen molar-refractivity contribution in [3.05, 3.63) is 50.9 Å². The van der Waals surface area contributed by atoms with Gasteiger partial charge in [-0.3, -0.25) is 0 Å². The second-order valence-corrected chi connectivity index (χ2v) is 8.53. The number of halogens is 9. The van der Waals surface area contributed by atoms with Gasteiger partial charge in [0.05, 0.1) is 16.7 Å². The van der Waals surface area contributed by atoms with E-state index < -0.39 is 33.4 Å². The lowest BCUT2D eigenvalue weighted by molar-refractivity contribution is -0.332. The summed E-state index contributed by atoms with van der Waals surface area (Å²) in [6.45, 7) is 1.73. The Morgan fingerprint density at radius 1 is 0.963 bits per heavy atom. The number of benzene rings is 2. The second-order valence-electron chi connectivity index (χ2n) is 5.39. The van der Waals surface area contributed by atoms with Crippen LogP contribution in [0.3, 0.4) is 0 Å². The van der Waals surface area contributed by atoms with Crippen molar-refractivity contribution in [2.45, 2.75) is 29.2 Å². The Morgan fingerprint density at radius 2 is 1.48 bits per heavy atom. The molecule has 0 N–H and O–H groups in total. The quantitative estimate of drug-likeness (QED) is 0.306. The van der Waals surface area contributed by atoms with E-state index in [1.165, 1.54) is 12.1 Å². The van der Waals surface area contributed by atoms with Crippen LogP contribution in [0.15, 0.2) is 44.2 Å². The highest BCUT2D eigenvalue weighted by molar-refractivity contribution is 9.11. The average molecular weight is 541 g/mol. The van der Waals surface area contributed by atoms with Crippen molar-refractivity contribution in [2.24, 2.45) is 0 Å². The Bertz CT molecular complexity index is 838. The third kappa shape index (κ3) is 4.15. The minimum atomic E-state index is -6.58. The molecule has 1 radical (unpaired) electrons. The summed E-state index contributed by atoms with van der Waals surface area (Å²) in [4.78, 5) is -0.898. The van der Waals surface area contributed by atoms with Gasteiger partial charge >= 0.3 is 17.4 Å². The van der Waals surface area contributed by atoms with Crippen LogP contribution in [-0.4, -0.2) is 21.9 Å². The van der Waals surface area contributed by atoms with Gasteiger partial charge in [-0.2, -0.15) is 22.0 Å². The first kappa shape index (κ1) is 22.5. The zero-order valence-corrected chi connectivity index (χ0v) is 17.1. The lowest BCUT2D eigenvalue weighted by atomic mass is 10.0. The van der Waals surface area contributed by atoms with E-state index in [1.807, 2.05) is 0 Å². The van der Waals surface area contributed by atoms with Crippen LogP contribution in [0.4, 0.5) is 30.7 Å². The number of hydrogen-bond acceptors (Lipinski definition) is 1. The van der Waals surface area contributed by atoms with Crippen LogP contribution in [-0.2, 0) is 11.2 Å². The maximum atomic E-state index is 14.0. The lowest BCUT2D eigenvalue weighted by Gasteiger charge is -2.29. The van der Waals surface area contributed by atoms with Crippen molar-refractivity contribution in [3.63, 3.8) is 0 Å². The SMILES string of the molecule is Cc1ccc(-c2c(Br)[c]c(Br)cc2[S+]([O-])C(F)(F)C(F)(F)C(F)(F)F)cc1. The molecule has 2 rings (SSSR count). The molecule has 0 aromatic heterocycles. The van der Waals surface area contributed by atoms with Gasteiger partial charge in [0.2, 0.25) is 0 Å². The van der Waals surface area contributed by atoms with E-state index in [9.17, 15) is 35.3 Å². The van der Waals surface area contributed by atoms with Crippen molar-refractivity contribution < 1.29 is 35.3 Å².